The van der Waals surface area contributed by atoms with E-state index in [2.05, 4.69) is 0 Å². The van der Waals surface area contributed by atoms with E-state index in [0.717, 1.165) is 5.56 Å². The zero-order valence-corrected chi connectivity index (χ0v) is 13.7. The van der Waals surface area contributed by atoms with E-state index >= 15 is 0 Å². The molecule has 1 aromatic rings. The highest BCUT2D eigenvalue weighted by Crippen LogP contribution is 2.23. The molecule has 0 saturated carbocycles. The van der Waals surface area contributed by atoms with Crippen LogP contribution in [0.25, 0.3) is 0 Å². The Balaban J connectivity index is 2.74. The van der Waals surface area contributed by atoms with Gasteiger partial charge in [-0.2, -0.15) is 5.26 Å². The lowest BCUT2D eigenvalue weighted by Gasteiger charge is -2.27. The number of carbonyl (C=O) groups is 1. The van der Waals surface area contributed by atoms with Crippen molar-refractivity contribution in [2.45, 2.75) is 26.4 Å². The van der Waals surface area contributed by atoms with E-state index in [-0.39, 0.29) is 11.9 Å². The molecule has 108 valence electrons. The van der Waals surface area contributed by atoms with E-state index in [9.17, 15) is 4.79 Å². The molecular weight excluding hydrogens is 315 g/mol. The summed E-state index contributed by atoms with van der Waals surface area (Å²) in [6.45, 7) is 4.41. The molecule has 0 saturated heterocycles. The number of carbonyl (C=O) groups excluding carboxylic acids is 1. The van der Waals surface area contributed by atoms with Gasteiger partial charge in [0, 0.05) is 12.6 Å². The molecule has 0 bridgehead atoms. The normalized spacial score (nSPS) is 10.4. The van der Waals surface area contributed by atoms with Gasteiger partial charge in [0.15, 0.2) is 0 Å². The van der Waals surface area contributed by atoms with Gasteiger partial charge >= 0.3 is 0 Å². The van der Waals surface area contributed by atoms with Gasteiger partial charge in [0.25, 0.3) is 0 Å². The van der Waals surface area contributed by atoms with E-state index in [1.165, 1.54) is 11.8 Å². The van der Waals surface area contributed by atoms with Crippen LogP contribution in [-0.2, 0) is 11.3 Å². The van der Waals surface area contributed by atoms with Crippen LogP contribution in [0.15, 0.2) is 18.2 Å². The lowest BCUT2D eigenvalue weighted by atomic mass is 10.2. The number of halogens is 2. The Morgan fingerprint density at radius 1 is 1.40 bits per heavy atom. The van der Waals surface area contributed by atoms with Crippen LogP contribution in [-0.4, -0.2) is 28.4 Å². The molecule has 0 fully saturated rings. The zero-order chi connectivity index (χ0) is 15.1. The van der Waals surface area contributed by atoms with E-state index in [1.54, 1.807) is 17.0 Å². The van der Waals surface area contributed by atoms with Gasteiger partial charge in [-0.15, -0.1) is 11.8 Å². The van der Waals surface area contributed by atoms with E-state index < -0.39 is 0 Å². The van der Waals surface area contributed by atoms with Gasteiger partial charge in [-0.25, -0.2) is 0 Å². The Morgan fingerprint density at radius 2 is 2.10 bits per heavy atom. The summed E-state index contributed by atoms with van der Waals surface area (Å²) in [5.74, 6) is 0.656. The first-order chi connectivity index (χ1) is 9.45. The van der Waals surface area contributed by atoms with Crippen molar-refractivity contribution in [1.29, 1.82) is 5.26 Å². The Labute approximate surface area is 133 Å². The quantitative estimate of drug-likeness (QED) is 0.741. The van der Waals surface area contributed by atoms with Gasteiger partial charge in [0.1, 0.15) is 0 Å². The largest absolute Gasteiger partial charge is 0.335 e. The third-order valence-electron chi connectivity index (χ3n) is 2.67. The molecule has 0 radical (unpaired) electrons. The number of rotatable bonds is 6. The summed E-state index contributed by atoms with van der Waals surface area (Å²) in [6.07, 6.45) is 0. The van der Waals surface area contributed by atoms with Crippen molar-refractivity contribution >= 4 is 40.9 Å². The lowest BCUT2D eigenvalue weighted by molar-refractivity contribution is -0.130. The predicted molar refractivity (Wildman–Crippen MR) is 85.1 cm³/mol. The molecule has 20 heavy (non-hydrogen) atoms. The second-order valence-corrected chi connectivity index (χ2v) is 6.31. The summed E-state index contributed by atoms with van der Waals surface area (Å²) in [6, 6.07) is 7.46. The number of nitrogens with zero attached hydrogens (tertiary/aromatic N) is 2. The molecule has 0 N–H and O–H groups in total. The topological polar surface area (TPSA) is 44.1 Å². The predicted octanol–water partition coefficient (Wildman–Crippen LogP) is 3.99. The highest BCUT2D eigenvalue weighted by atomic mass is 35.5. The van der Waals surface area contributed by atoms with E-state index in [1.807, 2.05) is 26.0 Å². The molecule has 0 aliphatic carbocycles. The second-order valence-electron chi connectivity index (χ2n) is 4.51. The summed E-state index contributed by atoms with van der Waals surface area (Å²) in [7, 11) is 0. The minimum Gasteiger partial charge on any atom is -0.335 e. The number of amides is 1. The molecular formula is C14H16Cl2N2OS. The monoisotopic (exact) mass is 330 g/mol. The van der Waals surface area contributed by atoms with Gasteiger partial charge < -0.3 is 4.90 Å². The van der Waals surface area contributed by atoms with Crippen molar-refractivity contribution in [1.82, 2.24) is 4.90 Å². The fourth-order valence-corrected chi connectivity index (χ4v) is 2.51. The summed E-state index contributed by atoms with van der Waals surface area (Å²) in [5.41, 5.74) is 0.937. The fraction of sp³-hybridized carbons (Fsp3) is 0.429. The smallest absolute Gasteiger partial charge is 0.233 e. The highest BCUT2D eigenvalue weighted by molar-refractivity contribution is 8.00. The summed E-state index contributed by atoms with van der Waals surface area (Å²) < 4.78 is 0. The maximum atomic E-state index is 12.2. The first kappa shape index (κ1) is 17.2. The SMILES string of the molecule is CC(C)N(Cc1ccc(Cl)c(Cl)c1)C(=O)CSCC#N. The molecule has 0 aliphatic heterocycles. The van der Waals surface area contributed by atoms with Gasteiger partial charge in [0.05, 0.1) is 27.6 Å². The van der Waals surface area contributed by atoms with Gasteiger partial charge in [-0.05, 0) is 31.5 Å². The van der Waals surface area contributed by atoms with Crippen molar-refractivity contribution in [3.8, 4) is 6.07 Å². The zero-order valence-electron chi connectivity index (χ0n) is 11.4. The molecule has 1 rings (SSSR count). The van der Waals surface area contributed by atoms with Crippen molar-refractivity contribution in [2.24, 2.45) is 0 Å². The number of benzene rings is 1. The molecule has 0 aromatic heterocycles. The van der Waals surface area contributed by atoms with Crippen LogP contribution in [0.5, 0.6) is 0 Å². The Hall–Kier alpha value is -0.890. The molecule has 0 spiro atoms. The maximum Gasteiger partial charge on any atom is 0.233 e. The highest BCUT2D eigenvalue weighted by Gasteiger charge is 2.17. The molecule has 0 heterocycles. The van der Waals surface area contributed by atoms with Crippen LogP contribution < -0.4 is 0 Å². The van der Waals surface area contributed by atoms with Gasteiger partial charge in [0.2, 0.25) is 5.91 Å². The second kappa shape index (κ2) is 8.41. The first-order valence-corrected chi connectivity index (χ1v) is 8.05. The molecule has 0 atom stereocenters. The van der Waals surface area contributed by atoms with Crippen LogP contribution in [0.3, 0.4) is 0 Å². The van der Waals surface area contributed by atoms with Crippen LogP contribution in [0.1, 0.15) is 19.4 Å². The Morgan fingerprint density at radius 3 is 2.65 bits per heavy atom. The molecule has 1 aromatic carbocycles. The fourth-order valence-electron chi connectivity index (χ4n) is 1.66. The number of nitriles is 1. The maximum absolute atomic E-state index is 12.2. The molecule has 3 nitrogen and oxygen atoms in total. The average Bonchev–Trinajstić information content (AvgIpc) is 2.39. The van der Waals surface area contributed by atoms with Gasteiger partial charge in [-0.1, -0.05) is 29.3 Å². The third-order valence-corrected chi connectivity index (χ3v) is 4.20. The number of hydrogen-bond acceptors (Lipinski definition) is 3. The summed E-state index contributed by atoms with van der Waals surface area (Å²) >= 11 is 13.2. The first-order valence-electron chi connectivity index (χ1n) is 6.13. The molecule has 6 heteroatoms. The average molecular weight is 331 g/mol. The van der Waals surface area contributed by atoms with Crippen molar-refractivity contribution in [3.05, 3.63) is 33.8 Å². The van der Waals surface area contributed by atoms with E-state index in [0.29, 0.717) is 28.1 Å². The third kappa shape index (κ3) is 5.24. The minimum atomic E-state index is 0.0197. The Bertz CT molecular complexity index is 514. The van der Waals surface area contributed by atoms with Crippen LogP contribution in [0, 0.1) is 11.3 Å². The van der Waals surface area contributed by atoms with E-state index in [4.69, 9.17) is 28.5 Å². The molecule has 0 aliphatic rings. The summed E-state index contributed by atoms with van der Waals surface area (Å²) in [5, 5.41) is 9.48. The standard InChI is InChI=1S/C14H16Cl2N2OS/c1-10(2)18(14(19)9-20-6-5-17)8-11-3-4-12(15)13(16)7-11/h3-4,7,10H,6,8-9H2,1-2H3. The van der Waals surface area contributed by atoms with Crippen LogP contribution >= 0.6 is 35.0 Å². The number of thioether (sulfide) groups is 1. The summed E-state index contributed by atoms with van der Waals surface area (Å²) in [4.78, 5) is 13.9. The van der Waals surface area contributed by atoms with Crippen LogP contribution in [0.4, 0.5) is 0 Å². The molecule has 1 amide bonds. The lowest BCUT2D eigenvalue weighted by Crippen LogP contribution is -2.37. The van der Waals surface area contributed by atoms with Crippen molar-refractivity contribution < 1.29 is 4.79 Å². The van der Waals surface area contributed by atoms with Crippen molar-refractivity contribution in [2.75, 3.05) is 11.5 Å². The Kier molecular flexibility index (Phi) is 7.22. The van der Waals surface area contributed by atoms with Gasteiger partial charge in [-0.3, -0.25) is 4.79 Å². The minimum absolute atomic E-state index is 0.0197. The van der Waals surface area contributed by atoms with Crippen LogP contribution in [0.2, 0.25) is 10.0 Å². The van der Waals surface area contributed by atoms with Crippen molar-refractivity contribution in [3.63, 3.8) is 0 Å². The number of hydrogen-bond donors (Lipinski definition) is 0. The molecule has 0 unspecified atom stereocenters.